The first-order valence-corrected chi connectivity index (χ1v) is 13.0. The third kappa shape index (κ3) is 6.71. The molecule has 0 saturated carbocycles. The topological polar surface area (TPSA) is 78.9 Å². The lowest BCUT2D eigenvalue weighted by molar-refractivity contribution is 0.0952. The van der Waals surface area contributed by atoms with E-state index < -0.39 is 10.0 Å². The van der Waals surface area contributed by atoms with Gasteiger partial charge in [0.15, 0.2) is 0 Å². The summed E-state index contributed by atoms with van der Waals surface area (Å²) in [6, 6.07) is 12.9. The summed E-state index contributed by atoms with van der Waals surface area (Å²) in [5.74, 6) is 1.22. The third-order valence-electron chi connectivity index (χ3n) is 6.25. The number of piperidine rings is 1. The van der Waals surface area contributed by atoms with Gasteiger partial charge in [0.05, 0.1) is 17.7 Å². The van der Waals surface area contributed by atoms with Gasteiger partial charge in [-0.3, -0.25) is 9.10 Å². The Kier molecular flexibility index (Phi) is 8.74. The van der Waals surface area contributed by atoms with Crippen molar-refractivity contribution in [3.8, 4) is 5.75 Å². The number of nitrogens with one attached hydrogen (secondary N) is 1. The molecule has 1 saturated heterocycles. The maximum absolute atomic E-state index is 13.1. The lowest BCUT2D eigenvalue weighted by Crippen LogP contribution is -2.34. The highest BCUT2D eigenvalue weighted by Gasteiger charge is 2.22. The van der Waals surface area contributed by atoms with E-state index in [-0.39, 0.29) is 10.8 Å². The lowest BCUT2D eigenvalue weighted by Gasteiger charge is -2.30. The van der Waals surface area contributed by atoms with E-state index in [2.05, 4.69) is 17.1 Å². The van der Waals surface area contributed by atoms with Crippen LogP contribution in [0.3, 0.4) is 0 Å². The number of hydrogen-bond donors (Lipinski definition) is 1. The van der Waals surface area contributed by atoms with Crippen molar-refractivity contribution in [1.29, 1.82) is 0 Å². The molecule has 0 radical (unpaired) electrons. The van der Waals surface area contributed by atoms with Crippen molar-refractivity contribution >= 4 is 21.6 Å². The van der Waals surface area contributed by atoms with E-state index in [1.807, 2.05) is 0 Å². The zero-order chi connectivity index (χ0) is 23.8. The van der Waals surface area contributed by atoms with Gasteiger partial charge in [0.1, 0.15) is 5.75 Å². The Morgan fingerprint density at radius 2 is 1.82 bits per heavy atom. The Morgan fingerprint density at radius 3 is 2.48 bits per heavy atom. The third-order valence-corrected chi connectivity index (χ3v) is 8.04. The van der Waals surface area contributed by atoms with E-state index in [1.165, 1.54) is 49.4 Å². The number of methoxy groups -OCH3 is 1. The van der Waals surface area contributed by atoms with E-state index in [9.17, 15) is 13.2 Å². The Balaban J connectivity index is 1.53. The molecule has 33 heavy (non-hydrogen) atoms. The van der Waals surface area contributed by atoms with Gasteiger partial charge >= 0.3 is 0 Å². The maximum atomic E-state index is 13.1. The molecule has 7 nitrogen and oxygen atoms in total. The van der Waals surface area contributed by atoms with E-state index in [0.29, 0.717) is 23.5 Å². The number of likely N-dealkylation sites (tertiary alicyclic amines) is 1. The van der Waals surface area contributed by atoms with Crippen LogP contribution < -0.4 is 14.4 Å². The van der Waals surface area contributed by atoms with Crippen LogP contribution in [0.2, 0.25) is 0 Å². The number of hydrogen-bond acceptors (Lipinski definition) is 5. The Labute approximate surface area is 197 Å². The average Bonchev–Trinajstić information content (AvgIpc) is 2.84. The molecule has 0 bridgehead atoms. The highest BCUT2D eigenvalue weighted by molar-refractivity contribution is 7.92. The molecule has 1 aliphatic rings. The molecule has 8 heteroatoms. The summed E-state index contributed by atoms with van der Waals surface area (Å²) in [7, 11) is -0.757. The van der Waals surface area contributed by atoms with Crippen LogP contribution in [0.15, 0.2) is 53.4 Å². The highest BCUT2D eigenvalue weighted by Crippen LogP contribution is 2.24. The molecule has 1 aliphatic heterocycles. The van der Waals surface area contributed by atoms with Crippen molar-refractivity contribution in [2.45, 2.75) is 37.5 Å². The van der Waals surface area contributed by atoms with Crippen LogP contribution in [0.4, 0.5) is 5.69 Å². The molecule has 0 unspecified atom stereocenters. The van der Waals surface area contributed by atoms with Crippen LogP contribution in [0.5, 0.6) is 5.75 Å². The minimum absolute atomic E-state index is 0.0767. The fraction of sp³-hybridized carbons (Fsp3) is 0.480. The Morgan fingerprint density at radius 1 is 1.12 bits per heavy atom. The predicted molar refractivity (Wildman–Crippen MR) is 131 cm³/mol. The summed E-state index contributed by atoms with van der Waals surface area (Å²) < 4.78 is 32.5. The van der Waals surface area contributed by atoms with Gasteiger partial charge in [-0.1, -0.05) is 13.0 Å². The van der Waals surface area contributed by atoms with Crippen LogP contribution >= 0.6 is 0 Å². The molecule has 0 aliphatic carbocycles. The van der Waals surface area contributed by atoms with Crippen molar-refractivity contribution in [1.82, 2.24) is 10.2 Å². The van der Waals surface area contributed by atoms with Gasteiger partial charge in [-0.15, -0.1) is 0 Å². The largest absolute Gasteiger partial charge is 0.497 e. The van der Waals surface area contributed by atoms with Gasteiger partial charge in [0, 0.05) is 19.2 Å². The van der Waals surface area contributed by atoms with E-state index in [4.69, 9.17) is 4.74 Å². The van der Waals surface area contributed by atoms with Crippen LogP contribution in [-0.2, 0) is 10.0 Å². The fourth-order valence-electron chi connectivity index (χ4n) is 3.94. The van der Waals surface area contributed by atoms with Crippen LogP contribution in [0.25, 0.3) is 0 Å². The van der Waals surface area contributed by atoms with Crippen molar-refractivity contribution < 1.29 is 17.9 Å². The van der Waals surface area contributed by atoms with Gasteiger partial charge in [-0.2, -0.15) is 0 Å². The van der Waals surface area contributed by atoms with Crippen molar-refractivity contribution in [2.75, 3.05) is 44.6 Å². The summed E-state index contributed by atoms with van der Waals surface area (Å²) in [4.78, 5) is 15.2. The first-order chi connectivity index (χ1) is 15.8. The van der Waals surface area contributed by atoms with E-state index >= 15 is 0 Å². The molecule has 0 spiro atoms. The average molecular weight is 474 g/mol. The lowest BCUT2D eigenvalue weighted by atomic mass is 9.99. The van der Waals surface area contributed by atoms with Gasteiger partial charge in [0.25, 0.3) is 15.9 Å². The molecule has 0 aromatic heterocycles. The first kappa shape index (κ1) is 25.1. The second kappa shape index (κ2) is 11.5. The molecule has 180 valence electrons. The number of unbranched alkanes of at least 4 members (excludes halogenated alkanes) is 1. The standard InChI is InChI=1S/C25H35N3O4S/c1-20-13-17-28(18-14-20)16-5-4-15-26-25(29)21-7-6-8-24(19-21)33(30,31)27(2)22-9-11-23(32-3)12-10-22/h6-12,19-20H,4-5,13-18H2,1-3H3,(H,26,29). The fourth-order valence-corrected chi connectivity index (χ4v) is 5.18. The summed E-state index contributed by atoms with van der Waals surface area (Å²) >= 11 is 0. The molecule has 1 N–H and O–H groups in total. The van der Waals surface area contributed by atoms with Crippen LogP contribution in [-0.4, -0.2) is 59.6 Å². The molecule has 1 amide bonds. The number of nitrogens with zero attached hydrogens (tertiary/aromatic N) is 2. The summed E-state index contributed by atoms with van der Waals surface area (Å²) in [5, 5.41) is 2.92. The van der Waals surface area contributed by atoms with Crippen molar-refractivity contribution in [3.63, 3.8) is 0 Å². The minimum Gasteiger partial charge on any atom is -0.497 e. The van der Waals surface area contributed by atoms with Crippen LogP contribution in [0.1, 0.15) is 43.0 Å². The predicted octanol–water partition coefficient (Wildman–Crippen LogP) is 3.76. The molecule has 2 aromatic rings. The van der Waals surface area contributed by atoms with Crippen molar-refractivity contribution in [2.24, 2.45) is 5.92 Å². The quantitative estimate of drug-likeness (QED) is 0.532. The SMILES string of the molecule is COc1ccc(N(C)S(=O)(=O)c2cccc(C(=O)NCCCCN3CCC(C)CC3)c2)cc1. The first-order valence-electron chi connectivity index (χ1n) is 11.5. The van der Waals surface area contributed by atoms with E-state index in [1.54, 1.807) is 43.5 Å². The minimum atomic E-state index is -3.81. The number of rotatable bonds is 10. The van der Waals surface area contributed by atoms with Gasteiger partial charge in [0.2, 0.25) is 0 Å². The van der Waals surface area contributed by atoms with Gasteiger partial charge < -0.3 is 15.0 Å². The number of carbonyl (C=O) groups excluding carboxylic acids is 1. The zero-order valence-corrected chi connectivity index (χ0v) is 20.6. The normalized spacial score (nSPS) is 15.2. The molecule has 2 aromatic carbocycles. The number of anilines is 1. The summed E-state index contributed by atoms with van der Waals surface area (Å²) in [6.45, 7) is 6.28. The molecule has 1 heterocycles. The monoisotopic (exact) mass is 473 g/mol. The summed E-state index contributed by atoms with van der Waals surface area (Å²) in [5.41, 5.74) is 0.845. The maximum Gasteiger partial charge on any atom is 0.264 e. The highest BCUT2D eigenvalue weighted by atomic mass is 32.2. The number of benzene rings is 2. The molecular weight excluding hydrogens is 438 g/mol. The Bertz CT molecular complexity index is 1020. The van der Waals surface area contributed by atoms with E-state index in [0.717, 1.165) is 25.3 Å². The smallest absolute Gasteiger partial charge is 0.264 e. The van der Waals surface area contributed by atoms with Gasteiger partial charge in [-0.25, -0.2) is 8.42 Å². The number of sulfonamides is 1. The molecule has 3 rings (SSSR count). The molecule has 0 atom stereocenters. The number of carbonyl (C=O) groups is 1. The second-order valence-electron chi connectivity index (χ2n) is 8.69. The Hall–Kier alpha value is -2.58. The molecular formula is C25H35N3O4S. The zero-order valence-electron chi connectivity index (χ0n) is 19.8. The molecule has 1 fully saturated rings. The van der Waals surface area contributed by atoms with Gasteiger partial charge in [-0.05, 0) is 93.7 Å². The van der Waals surface area contributed by atoms with Crippen LogP contribution in [0, 0.1) is 5.92 Å². The number of amides is 1. The number of ether oxygens (including phenoxy) is 1. The second-order valence-corrected chi connectivity index (χ2v) is 10.7. The summed E-state index contributed by atoms with van der Waals surface area (Å²) in [6.07, 6.45) is 4.47. The van der Waals surface area contributed by atoms with Crippen molar-refractivity contribution in [3.05, 3.63) is 54.1 Å².